The molecule has 0 spiro atoms. The first-order chi connectivity index (χ1) is 29.4. The summed E-state index contributed by atoms with van der Waals surface area (Å²) < 4.78 is 23.4. The number of carbonyl (C=O) groups is 4. The quantitative estimate of drug-likeness (QED) is 0.0521. The second-order valence-electron chi connectivity index (χ2n) is 14.4. The van der Waals surface area contributed by atoms with Crippen molar-refractivity contribution in [1.29, 1.82) is 0 Å². The molecule has 0 aliphatic carbocycles. The van der Waals surface area contributed by atoms with Crippen LogP contribution in [-0.4, -0.2) is 23.9 Å². The van der Waals surface area contributed by atoms with Gasteiger partial charge in [0, 0.05) is 10.8 Å². The number of hydrogen-bond donors (Lipinski definition) is 0. The fraction of sp³-hybridized carbons (Fsp3) is 0.0769. The number of benzene rings is 9. The molecule has 0 atom stereocenters. The van der Waals surface area contributed by atoms with E-state index in [2.05, 4.69) is 0 Å². The third-order valence-electron chi connectivity index (χ3n) is 10.6. The van der Waals surface area contributed by atoms with Crippen LogP contribution in [0.15, 0.2) is 170 Å². The summed E-state index contributed by atoms with van der Waals surface area (Å²) >= 11 is 0. The topological polar surface area (TPSA) is 105 Å². The molecule has 0 N–H and O–H groups in total. The lowest BCUT2D eigenvalue weighted by molar-refractivity contribution is 0.0458. The Hall–Kier alpha value is -7.84. The van der Waals surface area contributed by atoms with E-state index in [1.54, 1.807) is 24.3 Å². The maximum atomic E-state index is 14.0. The lowest BCUT2D eigenvalue weighted by Gasteiger charge is -2.20. The van der Waals surface area contributed by atoms with E-state index in [1.807, 2.05) is 146 Å². The lowest BCUT2D eigenvalue weighted by Crippen LogP contribution is -2.12. The maximum Gasteiger partial charge on any atom is 0.339 e. The van der Waals surface area contributed by atoms with E-state index in [1.165, 1.54) is 0 Å². The number of rotatable bonds is 12. The fourth-order valence-corrected chi connectivity index (χ4v) is 7.77. The molecule has 0 aliphatic heterocycles. The summed E-state index contributed by atoms with van der Waals surface area (Å²) in [5.41, 5.74) is 4.03. The third-order valence-corrected chi connectivity index (χ3v) is 10.6. The molecule has 0 aromatic heterocycles. The predicted molar refractivity (Wildman–Crippen MR) is 230 cm³/mol. The van der Waals surface area contributed by atoms with Crippen LogP contribution in [0.4, 0.5) is 0 Å². The lowest BCUT2D eigenvalue weighted by atomic mass is 9.84. The molecule has 0 saturated heterocycles. The SMILES string of the molecule is O=C(OCc1ccccc1)c1ccc2c3ccc(C(=O)OCc4ccccc4)c4c(C(=O)OCc5ccccc5)ccc(c5ccc(C(=O)OCc6ccccc6)c1c25)c43. The Balaban J connectivity index is 1.22. The van der Waals surface area contributed by atoms with Gasteiger partial charge >= 0.3 is 23.9 Å². The molecule has 0 bridgehead atoms. The minimum Gasteiger partial charge on any atom is -0.457 e. The minimum atomic E-state index is -0.608. The molecule has 0 unspecified atom stereocenters. The number of fused-ring (bicyclic) bond motifs is 2. The highest BCUT2D eigenvalue weighted by atomic mass is 16.5. The Labute approximate surface area is 344 Å². The molecule has 9 rings (SSSR count). The van der Waals surface area contributed by atoms with Gasteiger partial charge < -0.3 is 18.9 Å². The van der Waals surface area contributed by atoms with Crippen molar-refractivity contribution < 1.29 is 38.1 Å². The van der Waals surface area contributed by atoms with E-state index in [4.69, 9.17) is 18.9 Å². The van der Waals surface area contributed by atoms with Crippen LogP contribution in [0.2, 0.25) is 0 Å². The summed E-state index contributed by atoms with van der Waals surface area (Å²) in [6.45, 7) is 0.130. The zero-order valence-corrected chi connectivity index (χ0v) is 32.3. The highest BCUT2D eigenvalue weighted by Crippen LogP contribution is 2.44. The Morgan fingerprint density at radius 3 is 0.700 bits per heavy atom. The van der Waals surface area contributed by atoms with Crippen LogP contribution < -0.4 is 0 Å². The third kappa shape index (κ3) is 7.38. The maximum absolute atomic E-state index is 14.0. The molecule has 0 aliphatic rings. The molecule has 0 radical (unpaired) electrons. The summed E-state index contributed by atoms with van der Waals surface area (Å²) in [7, 11) is 0. The molecule has 0 fully saturated rings. The summed E-state index contributed by atoms with van der Waals surface area (Å²) in [4.78, 5) is 56.2. The zero-order valence-electron chi connectivity index (χ0n) is 32.3. The molecule has 292 valence electrons. The molecule has 9 aromatic carbocycles. The molecule has 9 aromatic rings. The number of esters is 4. The predicted octanol–water partition coefficient (Wildman–Crippen LogP) is 11.2. The van der Waals surface area contributed by atoms with Gasteiger partial charge in [-0.2, -0.15) is 0 Å². The first kappa shape index (κ1) is 37.7. The Bertz CT molecular complexity index is 2630. The molecule has 0 saturated carbocycles. The molecular weight excluding hydrogens is 753 g/mol. The van der Waals surface area contributed by atoms with Gasteiger partial charge in [0.05, 0.1) is 22.3 Å². The van der Waals surface area contributed by atoms with E-state index in [0.717, 1.165) is 22.3 Å². The molecule has 8 heteroatoms. The first-order valence-electron chi connectivity index (χ1n) is 19.5. The van der Waals surface area contributed by atoms with Crippen molar-refractivity contribution in [2.45, 2.75) is 26.4 Å². The van der Waals surface area contributed by atoms with Gasteiger partial charge in [-0.15, -0.1) is 0 Å². The van der Waals surface area contributed by atoms with E-state index in [0.29, 0.717) is 43.1 Å². The summed E-state index contributed by atoms with van der Waals surface area (Å²) in [5.74, 6) is -2.43. The van der Waals surface area contributed by atoms with Crippen molar-refractivity contribution >= 4 is 67.0 Å². The van der Waals surface area contributed by atoms with Gasteiger partial charge in [0.2, 0.25) is 0 Å². The number of hydrogen-bond acceptors (Lipinski definition) is 8. The monoisotopic (exact) mass is 788 g/mol. The van der Waals surface area contributed by atoms with E-state index >= 15 is 0 Å². The average Bonchev–Trinajstić information content (AvgIpc) is 3.31. The van der Waals surface area contributed by atoms with Crippen molar-refractivity contribution in [1.82, 2.24) is 0 Å². The van der Waals surface area contributed by atoms with Crippen molar-refractivity contribution in [2.75, 3.05) is 0 Å². The van der Waals surface area contributed by atoms with Gasteiger partial charge in [-0.3, -0.25) is 0 Å². The van der Waals surface area contributed by atoms with Gasteiger partial charge in [0.1, 0.15) is 26.4 Å². The van der Waals surface area contributed by atoms with Crippen molar-refractivity contribution in [3.8, 4) is 0 Å². The van der Waals surface area contributed by atoms with Gasteiger partial charge in [-0.05, 0) is 78.8 Å². The molecule has 0 amide bonds. The first-order valence-corrected chi connectivity index (χ1v) is 19.5. The second kappa shape index (κ2) is 16.6. The Kier molecular flexibility index (Phi) is 10.4. The van der Waals surface area contributed by atoms with Crippen LogP contribution in [0.5, 0.6) is 0 Å². The van der Waals surface area contributed by atoms with Crippen LogP contribution in [0.25, 0.3) is 43.1 Å². The van der Waals surface area contributed by atoms with E-state index in [9.17, 15) is 19.2 Å². The summed E-state index contributed by atoms with van der Waals surface area (Å²) in [6, 6.07) is 51.3. The summed E-state index contributed by atoms with van der Waals surface area (Å²) in [6.07, 6.45) is 0. The minimum absolute atomic E-state index is 0.0326. The van der Waals surface area contributed by atoms with Crippen LogP contribution in [0.1, 0.15) is 63.7 Å². The van der Waals surface area contributed by atoms with Gasteiger partial charge in [-0.1, -0.05) is 146 Å². The molecule has 8 nitrogen and oxygen atoms in total. The highest BCUT2D eigenvalue weighted by Gasteiger charge is 2.28. The smallest absolute Gasteiger partial charge is 0.339 e. The largest absolute Gasteiger partial charge is 0.457 e. The fourth-order valence-electron chi connectivity index (χ4n) is 7.77. The number of ether oxygens (including phenoxy) is 4. The van der Waals surface area contributed by atoms with Gasteiger partial charge in [0.25, 0.3) is 0 Å². The zero-order chi connectivity index (χ0) is 41.0. The van der Waals surface area contributed by atoms with Crippen molar-refractivity contribution in [2.24, 2.45) is 0 Å². The van der Waals surface area contributed by atoms with Crippen molar-refractivity contribution in [3.63, 3.8) is 0 Å². The van der Waals surface area contributed by atoms with Gasteiger partial charge in [-0.25, -0.2) is 19.2 Å². The van der Waals surface area contributed by atoms with Crippen LogP contribution in [0.3, 0.4) is 0 Å². The highest BCUT2D eigenvalue weighted by molar-refractivity contribution is 6.38. The van der Waals surface area contributed by atoms with Crippen molar-refractivity contribution in [3.05, 3.63) is 214 Å². The molecule has 0 heterocycles. The number of carbonyl (C=O) groups excluding carboxylic acids is 4. The molecular formula is C52H36O8. The average molecular weight is 789 g/mol. The van der Waals surface area contributed by atoms with E-state index < -0.39 is 23.9 Å². The van der Waals surface area contributed by atoms with E-state index in [-0.39, 0.29) is 48.7 Å². The van der Waals surface area contributed by atoms with Crippen LogP contribution in [0, 0.1) is 0 Å². The standard InChI is InChI=1S/C52H36O8/c53-49(57-29-33-13-5-1-6-14-33)41-25-21-37-39-23-27-43(51(55)59-31-35-17-9-3-10-18-35)48-44(52(56)60-32-36-19-11-4-12-20-36)28-24-40(46(39)48)38-22-26-42(47(41)45(37)38)50(54)58-30-34-15-7-2-8-16-34/h1-28H,29-32H2. The normalized spacial score (nSPS) is 11.2. The Morgan fingerprint density at radius 1 is 0.267 bits per heavy atom. The second-order valence-corrected chi connectivity index (χ2v) is 14.4. The Morgan fingerprint density at radius 2 is 0.483 bits per heavy atom. The van der Waals surface area contributed by atoms with Crippen LogP contribution in [-0.2, 0) is 45.4 Å². The van der Waals surface area contributed by atoms with Crippen LogP contribution >= 0.6 is 0 Å². The van der Waals surface area contributed by atoms with Gasteiger partial charge in [0.15, 0.2) is 0 Å². The summed E-state index contributed by atoms with van der Waals surface area (Å²) in [5, 5.41) is 4.76. The molecule has 60 heavy (non-hydrogen) atoms.